The maximum Gasteiger partial charge on any atom is 0.244 e. The Morgan fingerprint density at radius 3 is 2.29 bits per heavy atom. The van der Waals surface area contributed by atoms with Gasteiger partial charge in [0, 0.05) is 51.9 Å². The van der Waals surface area contributed by atoms with Gasteiger partial charge in [0.1, 0.15) is 10.7 Å². The summed E-state index contributed by atoms with van der Waals surface area (Å²) in [4.78, 5) is 20.3. The van der Waals surface area contributed by atoms with Crippen LogP contribution in [0.2, 0.25) is 0 Å². The number of rotatable bonds is 4. The van der Waals surface area contributed by atoms with E-state index in [1.807, 2.05) is 11.8 Å². The minimum Gasteiger partial charge on any atom is -0.353 e. The highest BCUT2D eigenvalue weighted by atomic mass is 32.2. The van der Waals surface area contributed by atoms with Gasteiger partial charge in [-0.3, -0.25) is 4.79 Å². The second-order valence-corrected chi connectivity index (χ2v) is 8.12. The van der Waals surface area contributed by atoms with Crippen LogP contribution < -0.4 is 4.90 Å². The number of anilines is 1. The van der Waals surface area contributed by atoms with Gasteiger partial charge in [-0.05, 0) is 25.0 Å². The van der Waals surface area contributed by atoms with Crippen molar-refractivity contribution in [3.63, 3.8) is 0 Å². The molecule has 7 nitrogen and oxygen atoms in total. The average molecular weight is 352 g/mol. The van der Waals surface area contributed by atoms with Gasteiger partial charge < -0.3 is 9.80 Å². The number of hydrogen-bond donors (Lipinski definition) is 0. The topological polar surface area (TPSA) is 73.8 Å². The predicted molar refractivity (Wildman–Crippen MR) is 91.3 cm³/mol. The minimum absolute atomic E-state index is 0.176. The smallest absolute Gasteiger partial charge is 0.244 e. The van der Waals surface area contributed by atoms with Gasteiger partial charge >= 0.3 is 0 Å². The molecular formula is C16H24N4O3S. The number of sulfonamides is 1. The molecule has 24 heavy (non-hydrogen) atoms. The first-order valence-corrected chi connectivity index (χ1v) is 9.95. The summed E-state index contributed by atoms with van der Waals surface area (Å²) in [7, 11) is -3.41. The van der Waals surface area contributed by atoms with E-state index in [-0.39, 0.29) is 10.8 Å². The molecule has 0 saturated carbocycles. The van der Waals surface area contributed by atoms with Crippen LogP contribution in [0.1, 0.15) is 26.2 Å². The lowest BCUT2D eigenvalue weighted by atomic mass is 10.3. The first-order chi connectivity index (χ1) is 11.5. The molecule has 0 unspecified atom stereocenters. The molecule has 0 aromatic carbocycles. The van der Waals surface area contributed by atoms with E-state index < -0.39 is 10.0 Å². The third-order valence-corrected chi connectivity index (χ3v) is 6.56. The van der Waals surface area contributed by atoms with Gasteiger partial charge in [-0.2, -0.15) is 4.31 Å². The molecule has 2 saturated heterocycles. The summed E-state index contributed by atoms with van der Waals surface area (Å²) in [5.74, 6) is 0.939. The summed E-state index contributed by atoms with van der Waals surface area (Å²) in [5.41, 5.74) is 0. The highest BCUT2D eigenvalue weighted by Crippen LogP contribution is 2.22. The lowest BCUT2D eigenvalue weighted by molar-refractivity contribution is -0.131. The van der Waals surface area contributed by atoms with E-state index >= 15 is 0 Å². The lowest BCUT2D eigenvalue weighted by Crippen LogP contribution is -2.48. The Morgan fingerprint density at radius 1 is 1.08 bits per heavy atom. The van der Waals surface area contributed by atoms with Crippen molar-refractivity contribution in [3.05, 3.63) is 18.3 Å². The second-order valence-electron chi connectivity index (χ2n) is 6.18. The zero-order valence-electron chi connectivity index (χ0n) is 14.0. The summed E-state index contributed by atoms with van der Waals surface area (Å²) >= 11 is 0. The Labute approximate surface area is 143 Å². The van der Waals surface area contributed by atoms with Crippen LogP contribution in [0, 0.1) is 0 Å². The first kappa shape index (κ1) is 17.2. The Balaban J connectivity index is 1.66. The van der Waals surface area contributed by atoms with Crippen LogP contribution in [0.15, 0.2) is 23.2 Å². The fraction of sp³-hybridized carbons (Fsp3) is 0.625. The number of nitrogens with zero attached hydrogens (tertiary/aromatic N) is 4. The molecule has 132 valence electrons. The molecule has 0 N–H and O–H groups in total. The monoisotopic (exact) mass is 352 g/mol. The average Bonchev–Trinajstić information content (AvgIpc) is 3.17. The van der Waals surface area contributed by atoms with Crippen molar-refractivity contribution in [1.82, 2.24) is 14.2 Å². The van der Waals surface area contributed by atoms with Crippen molar-refractivity contribution >= 4 is 21.7 Å². The van der Waals surface area contributed by atoms with Gasteiger partial charge in [0.15, 0.2) is 0 Å². The Hall–Kier alpha value is -1.67. The largest absolute Gasteiger partial charge is 0.353 e. The van der Waals surface area contributed by atoms with Gasteiger partial charge in [0.2, 0.25) is 15.9 Å². The van der Waals surface area contributed by atoms with E-state index in [1.165, 1.54) is 10.5 Å². The summed E-state index contributed by atoms with van der Waals surface area (Å²) in [5, 5.41) is 0. The van der Waals surface area contributed by atoms with Gasteiger partial charge in [-0.1, -0.05) is 6.92 Å². The lowest BCUT2D eigenvalue weighted by Gasteiger charge is -2.35. The van der Waals surface area contributed by atoms with E-state index in [0.29, 0.717) is 32.6 Å². The van der Waals surface area contributed by atoms with Crippen molar-refractivity contribution in [2.45, 2.75) is 31.1 Å². The fourth-order valence-electron chi connectivity index (χ4n) is 3.20. The molecular weight excluding hydrogens is 328 g/mol. The molecule has 1 amide bonds. The maximum absolute atomic E-state index is 12.5. The van der Waals surface area contributed by atoms with Crippen molar-refractivity contribution in [2.75, 3.05) is 44.2 Å². The quantitative estimate of drug-likeness (QED) is 0.806. The molecule has 3 rings (SSSR count). The van der Waals surface area contributed by atoms with Crippen LogP contribution in [0.4, 0.5) is 5.82 Å². The highest BCUT2D eigenvalue weighted by molar-refractivity contribution is 7.89. The summed E-state index contributed by atoms with van der Waals surface area (Å²) in [6, 6.07) is 3.40. The van der Waals surface area contributed by atoms with E-state index in [1.54, 1.807) is 12.1 Å². The standard InChI is InChI=1S/C16H24N4O3S/c1-2-16(21)19-11-9-18(10-12-19)15-6-5-14(13-17-15)24(22,23)20-7-3-4-8-20/h5-6,13H,2-4,7-12H2,1H3. The summed E-state index contributed by atoms with van der Waals surface area (Å²) in [6.07, 6.45) is 3.82. The van der Waals surface area contributed by atoms with Gasteiger partial charge in [-0.15, -0.1) is 0 Å². The van der Waals surface area contributed by atoms with Crippen LogP contribution in [0.3, 0.4) is 0 Å². The summed E-state index contributed by atoms with van der Waals surface area (Å²) in [6.45, 7) is 5.86. The molecule has 1 aromatic heterocycles. The van der Waals surface area contributed by atoms with E-state index in [2.05, 4.69) is 9.88 Å². The molecule has 0 radical (unpaired) electrons. The molecule has 0 atom stereocenters. The second kappa shape index (κ2) is 7.06. The zero-order chi connectivity index (χ0) is 17.2. The van der Waals surface area contributed by atoms with Gasteiger partial charge in [0.25, 0.3) is 0 Å². The number of aromatic nitrogens is 1. The molecule has 8 heteroatoms. The number of piperazine rings is 1. The normalized spacial score (nSPS) is 19.7. The zero-order valence-corrected chi connectivity index (χ0v) is 14.8. The molecule has 2 fully saturated rings. The van der Waals surface area contributed by atoms with E-state index in [4.69, 9.17) is 0 Å². The van der Waals surface area contributed by atoms with Crippen LogP contribution in [-0.4, -0.2) is 67.8 Å². The van der Waals surface area contributed by atoms with Crippen molar-refractivity contribution in [1.29, 1.82) is 0 Å². The molecule has 0 spiro atoms. The number of amides is 1. The molecule has 0 bridgehead atoms. The molecule has 3 heterocycles. The number of pyridine rings is 1. The van der Waals surface area contributed by atoms with Crippen molar-refractivity contribution < 1.29 is 13.2 Å². The van der Waals surface area contributed by atoms with Gasteiger partial charge in [-0.25, -0.2) is 13.4 Å². The van der Waals surface area contributed by atoms with Gasteiger partial charge in [0.05, 0.1) is 0 Å². The molecule has 2 aliphatic rings. The third-order valence-electron chi connectivity index (χ3n) is 4.68. The third kappa shape index (κ3) is 3.39. The van der Waals surface area contributed by atoms with Crippen LogP contribution in [0.5, 0.6) is 0 Å². The van der Waals surface area contributed by atoms with Crippen LogP contribution in [0.25, 0.3) is 0 Å². The van der Waals surface area contributed by atoms with Crippen LogP contribution >= 0.6 is 0 Å². The Bertz CT molecular complexity index is 676. The highest BCUT2D eigenvalue weighted by Gasteiger charge is 2.28. The Kier molecular flexibility index (Phi) is 5.05. The Morgan fingerprint density at radius 2 is 1.75 bits per heavy atom. The number of carbonyl (C=O) groups excluding carboxylic acids is 1. The predicted octanol–water partition coefficient (Wildman–Crippen LogP) is 0.925. The number of carbonyl (C=O) groups is 1. The molecule has 2 aliphatic heterocycles. The minimum atomic E-state index is -3.41. The van der Waals surface area contributed by atoms with E-state index in [9.17, 15) is 13.2 Å². The fourth-order valence-corrected chi connectivity index (χ4v) is 4.66. The molecule has 0 aliphatic carbocycles. The van der Waals surface area contributed by atoms with E-state index in [0.717, 1.165) is 31.7 Å². The molecule has 1 aromatic rings. The summed E-state index contributed by atoms with van der Waals surface area (Å²) < 4.78 is 26.5. The van der Waals surface area contributed by atoms with Crippen molar-refractivity contribution in [3.8, 4) is 0 Å². The van der Waals surface area contributed by atoms with Crippen LogP contribution in [-0.2, 0) is 14.8 Å². The SMILES string of the molecule is CCC(=O)N1CCN(c2ccc(S(=O)(=O)N3CCCC3)cn2)CC1. The first-order valence-electron chi connectivity index (χ1n) is 8.51. The van der Waals surface area contributed by atoms with Crippen molar-refractivity contribution in [2.24, 2.45) is 0 Å². The number of hydrogen-bond acceptors (Lipinski definition) is 5. The maximum atomic E-state index is 12.5.